The maximum absolute atomic E-state index is 12.2. The average molecular weight is 275 g/mol. The van der Waals surface area contributed by atoms with Gasteiger partial charge >= 0.3 is 0 Å². The second-order valence-electron chi connectivity index (χ2n) is 4.49. The Kier molecular flexibility index (Phi) is 4.06. The van der Waals surface area contributed by atoms with Crippen LogP contribution in [0.4, 0.5) is 11.4 Å². The monoisotopic (exact) mass is 275 g/mol. The number of nitrogen functional groups attached to an aromatic ring is 1. The van der Waals surface area contributed by atoms with E-state index in [1.807, 2.05) is 41.9 Å². The summed E-state index contributed by atoms with van der Waals surface area (Å²) in [5.74, 6) is -0.109. The predicted molar refractivity (Wildman–Crippen MR) is 80.7 cm³/mol. The molecule has 0 bridgehead atoms. The number of carbonyl (C=O) groups excluding carboxylic acids is 1. The van der Waals surface area contributed by atoms with Crippen LogP contribution in [-0.4, -0.2) is 20.0 Å². The van der Waals surface area contributed by atoms with E-state index in [2.05, 4.69) is 5.32 Å². The molecule has 2 aromatic rings. The quantitative estimate of drug-likeness (QED) is 0.842. The van der Waals surface area contributed by atoms with Gasteiger partial charge in [-0.15, -0.1) is 0 Å². The van der Waals surface area contributed by atoms with Gasteiger partial charge in [0.2, 0.25) is 0 Å². The number of amides is 1. The smallest absolute Gasteiger partial charge is 0.253 e. The molecule has 19 heavy (non-hydrogen) atoms. The van der Waals surface area contributed by atoms with E-state index >= 15 is 0 Å². The molecule has 0 aliphatic rings. The molecule has 0 saturated carbocycles. The number of nitrogens with zero attached hydrogens (tertiary/aromatic N) is 1. The minimum Gasteiger partial charge on any atom is -0.399 e. The van der Waals surface area contributed by atoms with E-state index in [9.17, 15) is 4.79 Å². The molecule has 0 saturated heterocycles. The molecule has 2 rings (SSSR count). The van der Waals surface area contributed by atoms with E-state index < -0.39 is 0 Å². The Hall–Kier alpha value is -2.01. The Labute approximate surface area is 116 Å². The van der Waals surface area contributed by atoms with Crippen LogP contribution < -0.4 is 16.0 Å². The molecule has 0 aliphatic heterocycles. The molecule has 0 aliphatic carbocycles. The highest BCUT2D eigenvalue weighted by atomic mass is 32.1. The molecule has 100 valence electrons. The van der Waals surface area contributed by atoms with E-state index in [1.54, 1.807) is 23.5 Å². The Bertz CT molecular complexity index is 564. The van der Waals surface area contributed by atoms with Gasteiger partial charge in [-0.25, -0.2) is 0 Å². The summed E-state index contributed by atoms with van der Waals surface area (Å²) in [6, 6.07) is 7.36. The van der Waals surface area contributed by atoms with Gasteiger partial charge in [0.15, 0.2) is 0 Å². The third kappa shape index (κ3) is 3.26. The highest BCUT2D eigenvalue weighted by Gasteiger charge is 2.13. The van der Waals surface area contributed by atoms with Crippen LogP contribution in [0.1, 0.15) is 15.9 Å². The first kappa shape index (κ1) is 13.4. The first-order valence-electron chi connectivity index (χ1n) is 5.94. The average Bonchev–Trinajstić information content (AvgIpc) is 2.88. The Morgan fingerprint density at radius 3 is 2.79 bits per heavy atom. The molecule has 1 aromatic heterocycles. The molecule has 0 spiro atoms. The molecular weight excluding hydrogens is 258 g/mol. The molecular formula is C14H17N3OS. The zero-order valence-corrected chi connectivity index (χ0v) is 11.8. The summed E-state index contributed by atoms with van der Waals surface area (Å²) < 4.78 is 0. The largest absolute Gasteiger partial charge is 0.399 e. The van der Waals surface area contributed by atoms with E-state index in [-0.39, 0.29) is 5.91 Å². The van der Waals surface area contributed by atoms with Crippen molar-refractivity contribution in [1.82, 2.24) is 5.32 Å². The summed E-state index contributed by atoms with van der Waals surface area (Å²) in [4.78, 5) is 14.1. The normalized spacial score (nSPS) is 10.2. The summed E-state index contributed by atoms with van der Waals surface area (Å²) in [5.41, 5.74) is 8.91. The fourth-order valence-electron chi connectivity index (χ4n) is 1.80. The van der Waals surface area contributed by atoms with Crippen molar-refractivity contribution in [3.8, 4) is 0 Å². The minimum atomic E-state index is -0.109. The first-order valence-corrected chi connectivity index (χ1v) is 6.88. The molecule has 1 amide bonds. The van der Waals surface area contributed by atoms with Gasteiger partial charge in [0.25, 0.3) is 5.91 Å². The highest BCUT2D eigenvalue weighted by Crippen LogP contribution is 2.21. The molecule has 0 atom stereocenters. The van der Waals surface area contributed by atoms with Gasteiger partial charge in [0.1, 0.15) is 0 Å². The van der Waals surface area contributed by atoms with Gasteiger partial charge in [-0.2, -0.15) is 11.3 Å². The van der Waals surface area contributed by atoms with E-state index in [0.717, 1.165) is 11.3 Å². The van der Waals surface area contributed by atoms with Crippen LogP contribution in [0.3, 0.4) is 0 Å². The van der Waals surface area contributed by atoms with Crippen molar-refractivity contribution in [3.63, 3.8) is 0 Å². The fraction of sp³-hybridized carbons (Fsp3) is 0.214. The lowest BCUT2D eigenvalue weighted by atomic mass is 10.1. The van der Waals surface area contributed by atoms with Crippen molar-refractivity contribution in [2.75, 3.05) is 24.7 Å². The number of carbonyl (C=O) groups is 1. The number of nitrogens with two attached hydrogens (primary N) is 1. The van der Waals surface area contributed by atoms with Crippen LogP contribution in [0, 0.1) is 0 Å². The molecule has 0 radical (unpaired) electrons. The topological polar surface area (TPSA) is 58.4 Å². The van der Waals surface area contributed by atoms with E-state index in [1.165, 1.54) is 0 Å². The number of rotatable bonds is 4. The zero-order valence-electron chi connectivity index (χ0n) is 11.0. The Morgan fingerprint density at radius 2 is 2.16 bits per heavy atom. The third-order valence-electron chi connectivity index (χ3n) is 2.78. The van der Waals surface area contributed by atoms with Crippen molar-refractivity contribution in [2.24, 2.45) is 0 Å². The Morgan fingerprint density at radius 1 is 1.37 bits per heavy atom. The van der Waals surface area contributed by atoms with Crippen molar-refractivity contribution in [2.45, 2.75) is 6.54 Å². The van der Waals surface area contributed by atoms with Gasteiger partial charge in [0.05, 0.1) is 5.56 Å². The fourth-order valence-corrected chi connectivity index (χ4v) is 2.46. The summed E-state index contributed by atoms with van der Waals surface area (Å²) in [6.45, 7) is 0.532. The predicted octanol–water partition coefficient (Wildman–Crippen LogP) is 2.33. The zero-order chi connectivity index (χ0) is 13.8. The van der Waals surface area contributed by atoms with Crippen LogP contribution in [0.2, 0.25) is 0 Å². The van der Waals surface area contributed by atoms with Crippen LogP contribution in [0.25, 0.3) is 0 Å². The lowest BCUT2D eigenvalue weighted by molar-refractivity contribution is 0.0951. The molecule has 4 nitrogen and oxygen atoms in total. The maximum atomic E-state index is 12.2. The van der Waals surface area contributed by atoms with Crippen molar-refractivity contribution in [1.29, 1.82) is 0 Å². The lowest BCUT2D eigenvalue weighted by Crippen LogP contribution is -2.25. The third-order valence-corrected chi connectivity index (χ3v) is 3.51. The number of thiophene rings is 1. The van der Waals surface area contributed by atoms with Crippen LogP contribution in [0.5, 0.6) is 0 Å². The van der Waals surface area contributed by atoms with Crippen LogP contribution >= 0.6 is 11.3 Å². The van der Waals surface area contributed by atoms with Gasteiger partial charge in [-0.3, -0.25) is 4.79 Å². The minimum absolute atomic E-state index is 0.109. The van der Waals surface area contributed by atoms with Crippen molar-refractivity contribution < 1.29 is 4.79 Å². The van der Waals surface area contributed by atoms with Crippen LogP contribution in [-0.2, 0) is 6.54 Å². The number of anilines is 2. The van der Waals surface area contributed by atoms with Gasteiger partial charge in [0, 0.05) is 32.0 Å². The van der Waals surface area contributed by atoms with Crippen LogP contribution in [0.15, 0.2) is 35.0 Å². The summed E-state index contributed by atoms with van der Waals surface area (Å²) in [6.07, 6.45) is 0. The van der Waals surface area contributed by atoms with Crippen molar-refractivity contribution >= 4 is 28.6 Å². The van der Waals surface area contributed by atoms with Gasteiger partial charge < -0.3 is 16.0 Å². The number of benzene rings is 1. The summed E-state index contributed by atoms with van der Waals surface area (Å²) in [5, 5.41) is 6.92. The molecule has 3 N–H and O–H groups in total. The molecule has 0 unspecified atom stereocenters. The Balaban J connectivity index is 2.16. The van der Waals surface area contributed by atoms with Gasteiger partial charge in [-0.05, 0) is 40.6 Å². The molecule has 1 heterocycles. The van der Waals surface area contributed by atoms with Gasteiger partial charge in [-0.1, -0.05) is 0 Å². The standard InChI is InChI=1S/C14H17N3OS/c1-17(2)13-4-3-11(15)7-12(13)14(18)16-8-10-5-6-19-9-10/h3-7,9H,8,15H2,1-2H3,(H,16,18). The molecule has 0 fully saturated rings. The maximum Gasteiger partial charge on any atom is 0.253 e. The van der Waals surface area contributed by atoms with Crippen molar-refractivity contribution in [3.05, 3.63) is 46.2 Å². The second-order valence-corrected chi connectivity index (χ2v) is 5.27. The number of hydrogen-bond acceptors (Lipinski definition) is 4. The first-order chi connectivity index (χ1) is 9.08. The molecule has 5 heteroatoms. The SMILES string of the molecule is CN(C)c1ccc(N)cc1C(=O)NCc1ccsc1. The van der Waals surface area contributed by atoms with E-state index in [4.69, 9.17) is 5.73 Å². The second kappa shape index (κ2) is 5.75. The number of hydrogen-bond donors (Lipinski definition) is 2. The highest BCUT2D eigenvalue weighted by molar-refractivity contribution is 7.07. The summed E-state index contributed by atoms with van der Waals surface area (Å²) in [7, 11) is 3.81. The van der Waals surface area contributed by atoms with E-state index in [0.29, 0.717) is 17.8 Å². The lowest BCUT2D eigenvalue weighted by Gasteiger charge is -2.17. The summed E-state index contributed by atoms with van der Waals surface area (Å²) >= 11 is 1.62. The molecule has 1 aromatic carbocycles. The number of nitrogens with one attached hydrogen (secondary N) is 1.